The van der Waals surface area contributed by atoms with E-state index in [0.717, 1.165) is 5.69 Å². The van der Waals surface area contributed by atoms with Crippen molar-refractivity contribution in [3.8, 4) is 0 Å². The van der Waals surface area contributed by atoms with Crippen LogP contribution in [0.1, 0.15) is 23.2 Å². The maximum Gasteiger partial charge on any atom is 0.258 e. The lowest BCUT2D eigenvalue weighted by Crippen LogP contribution is -2.56. The van der Waals surface area contributed by atoms with E-state index in [1.165, 1.54) is 4.90 Å². The number of piperidine rings is 1. The van der Waals surface area contributed by atoms with Crippen molar-refractivity contribution < 1.29 is 14.4 Å². The van der Waals surface area contributed by atoms with Crippen LogP contribution in [0.15, 0.2) is 24.3 Å². The lowest BCUT2D eigenvalue weighted by Gasteiger charge is -2.36. The van der Waals surface area contributed by atoms with Crippen molar-refractivity contribution in [1.29, 1.82) is 0 Å². The number of carbonyl (C=O) groups is 3. The standard InChI is InChI=1S/C13H13N3O3/c17-11-6-5-10(12(18)15-11)16-7-14-9-4-2-1-3-8(9)13(16)19/h1-4,10,14H,5-7H2,(H,15,17,18). The summed E-state index contributed by atoms with van der Waals surface area (Å²) >= 11 is 0. The van der Waals surface area contributed by atoms with Crippen molar-refractivity contribution in [3.05, 3.63) is 29.8 Å². The fourth-order valence-corrected chi connectivity index (χ4v) is 2.45. The molecular formula is C13H13N3O3. The molecule has 1 atom stereocenters. The summed E-state index contributed by atoms with van der Waals surface area (Å²) in [6.45, 7) is 0.280. The van der Waals surface area contributed by atoms with Crippen LogP contribution < -0.4 is 10.6 Å². The minimum Gasteiger partial charge on any atom is -0.367 e. The quantitative estimate of drug-likeness (QED) is 0.712. The van der Waals surface area contributed by atoms with Crippen LogP contribution in [-0.2, 0) is 9.59 Å². The van der Waals surface area contributed by atoms with E-state index in [0.29, 0.717) is 12.0 Å². The van der Waals surface area contributed by atoms with Crippen molar-refractivity contribution >= 4 is 23.4 Å². The van der Waals surface area contributed by atoms with Gasteiger partial charge in [-0.3, -0.25) is 19.7 Å². The molecule has 0 saturated carbocycles. The number of hydrogen-bond donors (Lipinski definition) is 2. The highest BCUT2D eigenvalue weighted by Gasteiger charge is 2.36. The third-order valence-corrected chi connectivity index (χ3v) is 3.44. The van der Waals surface area contributed by atoms with Gasteiger partial charge in [-0.2, -0.15) is 0 Å². The molecule has 0 bridgehead atoms. The maximum atomic E-state index is 12.4. The molecule has 6 heteroatoms. The molecule has 2 aliphatic rings. The van der Waals surface area contributed by atoms with Crippen LogP contribution in [0.3, 0.4) is 0 Å². The van der Waals surface area contributed by atoms with Gasteiger partial charge in [0.15, 0.2) is 0 Å². The number of carbonyl (C=O) groups excluding carboxylic acids is 3. The third-order valence-electron chi connectivity index (χ3n) is 3.44. The smallest absolute Gasteiger partial charge is 0.258 e. The van der Waals surface area contributed by atoms with Gasteiger partial charge in [0.25, 0.3) is 5.91 Å². The Morgan fingerprint density at radius 1 is 1.16 bits per heavy atom. The summed E-state index contributed by atoms with van der Waals surface area (Å²) in [6, 6.07) is 6.61. The maximum absolute atomic E-state index is 12.4. The molecule has 0 spiro atoms. The summed E-state index contributed by atoms with van der Waals surface area (Å²) in [5.74, 6) is -0.853. The molecule has 2 heterocycles. The van der Waals surface area contributed by atoms with E-state index in [4.69, 9.17) is 0 Å². The minimum atomic E-state index is -0.578. The molecule has 2 N–H and O–H groups in total. The first kappa shape index (κ1) is 11.7. The molecule has 1 fully saturated rings. The van der Waals surface area contributed by atoms with Crippen molar-refractivity contribution in [1.82, 2.24) is 10.2 Å². The normalized spacial score (nSPS) is 22.6. The molecule has 2 aliphatic heterocycles. The molecule has 3 amide bonds. The van der Waals surface area contributed by atoms with Crippen molar-refractivity contribution in [2.45, 2.75) is 18.9 Å². The highest BCUT2D eigenvalue weighted by molar-refractivity contribution is 6.06. The fraction of sp³-hybridized carbons (Fsp3) is 0.308. The van der Waals surface area contributed by atoms with E-state index in [9.17, 15) is 14.4 Å². The van der Waals surface area contributed by atoms with E-state index in [2.05, 4.69) is 10.6 Å². The van der Waals surface area contributed by atoms with Crippen LogP contribution in [0, 0.1) is 0 Å². The highest BCUT2D eigenvalue weighted by atomic mass is 16.2. The summed E-state index contributed by atoms with van der Waals surface area (Å²) in [5.41, 5.74) is 1.33. The number of hydrogen-bond acceptors (Lipinski definition) is 4. The Kier molecular flexibility index (Phi) is 2.70. The number of rotatable bonds is 1. The number of amides is 3. The van der Waals surface area contributed by atoms with Crippen LogP contribution in [0.4, 0.5) is 5.69 Å². The molecule has 0 radical (unpaired) electrons. The number of para-hydroxylation sites is 1. The second kappa shape index (κ2) is 4.38. The van der Waals surface area contributed by atoms with E-state index in [1.807, 2.05) is 12.1 Å². The summed E-state index contributed by atoms with van der Waals surface area (Å²) in [7, 11) is 0. The Labute approximate surface area is 109 Å². The zero-order valence-corrected chi connectivity index (χ0v) is 10.2. The number of anilines is 1. The number of benzene rings is 1. The van der Waals surface area contributed by atoms with E-state index in [-0.39, 0.29) is 24.9 Å². The molecule has 6 nitrogen and oxygen atoms in total. The lowest BCUT2D eigenvalue weighted by molar-refractivity contribution is -0.136. The topological polar surface area (TPSA) is 78.5 Å². The first-order valence-corrected chi connectivity index (χ1v) is 6.14. The van der Waals surface area contributed by atoms with E-state index < -0.39 is 11.9 Å². The highest BCUT2D eigenvalue weighted by Crippen LogP contribution is 2.24. The van der Waals surface area contributed by atoms with Gasteiger partial charge in [-0.25, -0.2) is 0 Å². The fourth-order valence-electron chi connectivity index (χ4n) is 2.45. The monoisotopic (exact) mass is 259 g/mol. The predicted molar refractivity (Wildman–Crippen MR) is 67.3 cm³/mol. The van der Waals surface area contributed by atoms with Gasteiger partial charge in [-0.05, 0) is 18.6 Å². The minimum absolute atomic E-state index is 0.177. The van der Waals surface area contributed by atoms with Gasteiger partial charge in [-0.15, -0.1) is 0 Å². The molecule has 98 valence electrons. The summed E-state index contributed by atoms with van der Waals surface area (Å²) in [5, 5.41) is 5.38. The Morgan fingerprint density at radius 3 is 2.74 bits per heavy atom. The first-order chi connectivity index (χ1) is 9.16. The molecule has 0 aliphatic carbocycles. The summed E-state index contributed by atoms with van der Waals surface area (Å²) in [6.07, 6.45) is 0.641. The average Bonchev–Trinajstić information content (AvgIpc) is 2.41. The van der Waals surface area contributed by atoms with Crippen molar-refractivity contribution in [3.63, 3.8) is 0 Å². The third kappa shape index (κ3) is 1.95. The average molecular weight is 259 g/mol. The Bertz CT molecular complexity index is 570. The second-order valence-electron chi connectivity index (χ2n) is 4.62. The summed E-state index contributed by atoms with van der Waals surface area (Å²) < 4.78 is 0. The number of nitrogens with zero attached hydrogens (tertiary/aromatic N) is 1. The molecule has 19 heavy (non-hydrogen) atoms. The van der Waals surface area contributed by atoms with Gasteiger partial charge in [0.1, 0.15) is 6.04 Å². The SMILES string of the molecule is O=C1CCC(N2CNc3ccccc3C2=O)C(=O)N1. The van der Waals surface area contributed by atoms with Gasteiger partial charge in [0.2, 0.25) is 11.8 Å². The zero-order valence-electron chi connectivity index (χ0n) is 10.2. The van der Waals surface area contributed by atoms with Crippen LogP contribution in [0.2, 0.25) is 0 Å². The van der Waals surface area contributed by atoms with E-state index >= 15 is 0 Å². The number of fused-ring (bicyclic) bond motifs is 1. The molecular weight excluding hydrogens is 246 g/mol. The molecule has 1 aromatic carbocycles. The van der Waals surface area contributed by atoms with Crippen molar-refractivity contribution in [2.24, 2.45) is 0 Å². The van der Waals surface area contributed by atoms with Crippen LogP contribution in [0.5, 0.6) is 0 Å². The molecule has 1 saturated heterocycles. The van der Waals surface area contributed by atoms with Gasteiger partial charge in [0, 0.05) is 12.1 Å². The predicted octanol–water partition coefficient (Wildman–Crippen LogP) is 0.317. The summed E-state index contributed by atoms with van der Waals surface area (Å²) in [4.78, 5) is 36.8. The van der Waals surface area contributed by atoms with Crippen molar-refractivity contribution in [2.75, 3.05) is 12.0 Å². The molecule has 3 rings (SSSR count). The van der Waals surface area contributed by atoms with Crippen LogP contribution >= 0.6 is 0 Å². The largest absolute Gasteiger partial charge is 0.367 e. The first-order valence-electron chi connectivity index (χ1n) is 6.14. The van der Waals surface area contributed by atoms with Crippen LogP contribution in [0.25, 0.3) is 0 Å². The lowest BCUT2D eigenvalue weighted by atomic mass is 10.0. The van der Waals surface area contributed by atoms with Gasteiger partial charge in [-0.1, -0.05) is 12.1 Å². The van der Waals surface area contributed by atoms with Gasteiger partial charge in [0.05, 0.1) is 12.2 Å². The number of imide groups is 1. The van der Waals surface area contributed by atoms with Gasteiger partial charge < -0.3 is 10.2 Å². The van der Waals surface area contributed by atoms with Gasteiger partial charge >= 0.3 is 0 Å². The molecule has 0 aromatic heterocycles. The zero-order chi connectivity index (χ0) is 13.4. The molecule has 1 aromatic rings. The Hall–Kier alpha value is -2.37. The number of nitrogens with one attached hydrogen (secondary N) is 2. The Morgan fingerprint density at radius 2 is 1.95 bits per heavy atom. The Balaban J connectivity index is 1.86. The molecule has 1 unspecified atom stereocenters. The van der Waals surface area contributed by atoms with Crippen LogP contribution in [-0.4, -0.2) is 35.3 Å². The second-order valence-corrected chi connectivity index (χ2v) is 4.62. The van der Waals surface area contributed by atoms with E-state index in [1.54, 1.807) is 12.1 Å².